The van der Waals surface area contributed by atoms with Crippen LogP contribution >= 0.6 is 11.6 Å². The zero-order valence-corrected chi connectivity index (χ0v) is 10.7. The van der Waals surface area contributed by atoms with Gasteiger partial charge in [-0.3, -0.25) is 4.79 Å². The van der Waals surface area contributed by atoms with E-state index in [0.717, 1.165) is 0 Å². The van der Waals surface area contributed by atoms with Crippen LogP contribution in [0.15, 0.2) is 48.5 Å². The predicted molar refractivity (Wildman–Crippen MR) is 72.4 cm³/mol. The van der Waals surface area contributed by atoms with Crippen LogP contribution < -0.4 is 4.74 Å². The number of Topliss-reactive ketones (excluding diaryl/α,β-unsaturated/α-hetero) is 1. The normalized spacial score (nSPS) is 9.68. The van der Waals surface area contributed by atoms with Crippen LogP contribution in [0, 0.1) is 11.3 Å². The average Bonchev–Trinajstić information content (AvgIpc) is 2.46. The van der Waals surface area contributed by atoms with Gasteiger partial charge in [0.05, 0.1) is 16.7 Å². The summed E-state index contributed by atoms with van der Waals surface area (Å²) in [4.78, 5) is 11.9. The van der Waals surface area contributed by atoms with Crippen molar-refractivity contribution in [2.45, 2.75) is 0 Å². The number of carbonyl (C=O) groups excluding carboxylic acids is 1. The van der Waals surface area contributed by atoms with Crippen LogP contribution in [0.5, 0.6) is 5.75 Å². The molecule has 0 aliphatic rings. The predicted octanol–water partition coefficient (Wildman–Crippen LogP) is 3.47. The third kappa shape index (κ3) is 3.34. The first-order valence-electron chi connectivity index (χ1n) is 5.61. The molecule has 0 fully saturated rings. The van der Waals surface area contributed by atoms with Gasteiger partial charge in [0, 0.05) is 5.56 Å². The Morgan fingerprint density at radius 3 is 2.47 bits per heavy atom. The summed E-state index contributed by atoms with van der Waals surface area (Å²) in [5, 5.41) is 9.08. The Labute approximate surface area is 116 Å². The Kier molecular flexibility index (Phi) is 4.17. The van der Waals surface area contributed by atoms with E-state index in [1.807, 2.05) is 6.07 Å². The zero-order chi connectivity index (χ0) is 13.7. The molecule has 0 N–H and O–H groups in total. The Morgan fingerprint density at radius 1 is 1.16 bits per heavy atom. The molecule has 94 valence electrons. The van der Waals surface area contributed by atoms with Crippen molar-refractivity contribution in [2.75, 3.05) is 6.61 Å². The van der Waals surface area contributed by atoms with Gasteiger partial charge in [0.25, 0.3) is 0 Å². The quantitative estimate of drug-likeness (QED) is 0.800. The Hall–Kier alpha value is -2.31. The number of nitrogens with zero attached hydrogens (tertiary/aromatic N) is 1. The molecular formula is C15H10ClNO2. The van der Waals surface area contributed by atoms with Gasteiger partial charge < -0.3 is 4.74 Å². The van der Waals surface area contributed by atoms with Crippen LogP contribution in [0.2, 0.25) is 5.02 Å². The number of hydrogen-bond donors (Lipinski definition) is 0. The number of rotatable bonds is 4. The van der Waals surface area contributed by atoms with Crippen LogP contribution in [0.3, 0.4) is 0 Å². The number of hydrogen-bond acceptors (Lipinski definition) is 3. The van der Waals surface area contributed by atoms with Gasteiger partial charge in [-0.2, -0.15) is 5.26 Å². The molecule has 0 aliphatic heterocycles. The van der Waals surface area contributed by atoms with Gasteiger partial charge in [0.15, 0.2) is 6.61 Å². The highest BCUT2D eigenvalue weighted by Gasteiger charge is 2.10. The molecule has 2 rings (SSSR count). The minimum atomic E-state index is -0.185. The fraction of sp³-hybridized carbons (Fsp3) is 0.0667. The first-order valence-corrected chi connectivity index (χ1v) is 5.99. The van der Waals surface area contributed by atoms with Gasteiger partial charge in [-0.1, -0.05) is 23.7 Å². The highest BCUT2D eigenvalue weighted by Crippen LogP contribution is 2.17. The van der Waals surface area contributed by atoms with Crippen molar-refractivity contribution >= 4 is 17.4 Å². The smallest absolute Gasteiger partial charge is 0.201 e. The standard InChI is InChI=1S/C15H10ClNO2/c16-14-4-2-1-3-13(14)15(18)10-19-12-7-5-11(9-17)6-8-12/h1-8H,10H2. The van der Waals surface area contributed by atoms with E-state index in [4.69, 9.17) is 21.6 Å². The Bertz CT molecular complexity index is 629. The summed E-state index contributed by atoms with van der Waals surface area (Å²) in [5.74, 6) is 0.356. The SMILES string of the molecule is N#Cc1ccc(OCC(=O)c2ccccc2Cl)cc1. The highest BCUT2D eigenvalue weighted by molar-refractivity contribution is 6.34. The van der Waals surface area contributed by atoms with Crippen LogP contribution in [0.25, 0.3) is 0 Å². The fourth-order valence-electron chi connectivity index (χ4n) is 1.54. The van der Waals surface area contributed by atoms with E-state index in [2.05, 4.69) is 0 Å². The molecule has 0 atom stereocenters. The maximum atomic E-state index is 11.9. The molecule has 0 amide bonds. The lowest BCUT2D eigenvalue weighted by Gasteiger charge is -2.06. The molecule has 19 heavy (non-hydrogen) atoms. The third-order valence-corrected chi connectivity index (χ3v) is 2.86. The first-order chi connectivity index (χ1) is 9.20. The molecule has 2 aromatic rings. The molecule has 0 unspecified atom stereocenters. The summed E-state index contributed by atoms with van der Waals surface area (Å²) in [6, 6.07) is 15.4. The Balaban J connectivity index is 2.01. The van der Waals surface area contributed by atoms with Crippen LogP contribution in [-0.2, 0) is 0 Å². The lowest BCUT2D eigenvalue weighted by Crippen LogP contribution is -2.12. The topological polar surface area (TPSA) is 50.1 Å². The van der Waals surface area contributed by atoms with E-state index >= 15 is 0 Å². The Morgan fingerprint density at radius 2 is 1.84 bits per heavy atom. The molecule has 0 bridgehead atoms. The highest BCUT2D eigenvalue weighted by atomic mass is 35.5. The van der Waals surface area contributed by atoms with E-state index in [1.165, 1.54) is 0 Å². The second kappa shape index (κ2) is 6.03. The van der Waals surface area contributed by atoms with E-state index in [0.29, 0.717) is 21.9 Å². The van der Waals surface area contributed by atoms with Crippen molar-refractivity contribution in [1.82, 2.24) is 0 Å². The summed E-state index contributed by atoms with van der Waals surface area (Å²) in [7, 11) is 0. The van der Waals surface area contributed by atoms with E-state index in [1.54, 1.807) is 48.5 Å². The zero-order valence-electron chi connectivity index (χ0n) is 9.97. The lowest BCUT2D eigenvalue weighted by molar-refractivity contribution is 0.0921. The number of carbonyl (C=O) groups is 1. The number of nitriles is 1. The summed E-state index contributed by atoms with van der Waals surface area (Å²) >= 11 is 5.93. The summed E-state index contributed by atoms with van der Waals surface area (Å²) in [5.41, 5.74) is 0.989. The van der Waals surface area contributed by atoms with Gasteiger partial charge in [-0.25, -0.2) is 0 Å². The monoisotopic (exact) mass is 271 g/mol. The van der Waals surface area contributed by atoms with Crippen molar-refractivity contribution in [2.24, 2.45) is 0 Å². The minimum absolute atomic E-state index is 0.0877. The van der Waals surface area contributed by atoms with Crippen molar-refractivity contribution in [1.29, 1.82) is 5.26 Å². The molecule has 4 heteroatoms. The molecule has 3 nitrogen and oxygen atoms in total. The molecule has 0 radical (unpaired) electrons. The minimum Gasteiger partial charge on any atom is -0.485 e. The van der Waals surface area contributed by atoms with Gasteiger partial charge in [-0.15, -0.1) is 0 Å². The summed E-state index contributed by atoms with van der Waals surface area (Å²) in [6.45, 7) is -0.0877. The molecule has 0 heterocycles. The van der Waals surface area contributed by atoms with E-state index in [-0.39, 0.29) is 12.4 Å². The van der Waals surface area contributed by atoms with Crippen molar-refractivity contribution in [3.8, 4) is 11.8 Å². The van der Waals surface area contributed by atoms with Crippen LogP contribution in [0.1, 0.15) is 15.9 Å². The van der Waals surface area contributed by atoms with Crippen LogP contribution in [0.4, 0.5) is 0 Å². The molecular weight excluding hydrogens is 262 g/mol. The molecule has 0 aromatic heterocycles. The third-order valence-electron chi connectivity index (χ3n) is 2.53. The van der Waals surface area contributed by atoms with Crippen molar-refractivity contribution in [3.05, 3.63) is 64.7 Å². The summed E-state index contributed by atoms with van der Waals surface area (Å²) < 4.78 is 5.36. The average molecular weight is 272 g/mol. The molecule has 0 spiro atoms. The van der Waals surface area contributed by atoms with Gasteiger partial charge >= 0.3 is 0 Å². The number of ketones is 1. The maximum Gasteiger partial charge on any atom is 0.201 e. The molecule has 0 saturated heterocycles. The first kappa shape index (κ1) is 13.1. The van der Waals surface area contributed by atoms with Crippen molar-refractivity contribution < 1.29 is 9.53 Å². The summed E-state index contributed by atoms with van der Waals surface area (Å²) in [6.07, 6.45) is 0. The number of ether oxygens (including phenoxy) is 1. The van der Waals surface area contributed by atoms with Gasteiger partial charge in [-0.05, 0) is 36.4 Å². The molecule has 0 saturated carbocycles. The molecule has 2 aromatic carbocycles. The largest absolute Gasteiger partial charge is 0.485 e. The van der Waals surface area contributed by atoms with E-state index in [9.17, 15) is 4.79 Å². The van der Waals surface area contributed by atoms with Crippen molar-refractivity contribution in [3.63, 3.8) is 0 Å². The second-order valence-corrected chi connectivity index (χ2v) is 4.24. The number of halogens is 1. The molecule has 0 aliphatic carbocycles. The second-order valence-electron chi connectivity index (χ2n) is 3.83. The fourth-order valence-corrected chi connectivity index (χ4v) is 1.78. The van der Waals surface area contributed by atoms with E-state index < -0.39 is 0 Å². The van der Waals surface area contributed by atoms with Gasteiger partial charge in [0.1, 0.15) is 5.75 Å². The lowest BCUT2D eigenvalue weighted by atomic mass is 10.1. The number of benzene rings is 2. The van der Waals surface area contributed by atoms with Gasteiger partial charge in [0.2, 0.25) is 5.78 Å². The maximum absolute atomic E-state index is 11.9. The van der Waals surface area contributed by atoms with Crippen LogP contribution in [-0.4, -0.2) is 12.4 Å².